The molecule has 4 nitrogen and oxygen atoms in total. The van der Waals surface area contributed by atoms with Crippen LogP contribution in [0.3, 0.4) is 0 Å². The van der Waals surface area contributed by atoms with Gasteiger partial charge in [0.1, 0.15) is 6.61 Å². The second kappa shape index (κ2) is 5.21. The first-order valence-electron chi connectivity index (χ1n) is 6.91. The highest BCUT2D eigenvalue weighted by Gasteiger charge is 2.43. The first kappa shape index (κ1) is 12.5. The van der Waals surface area contributed by atoms with E-state index in [4.69, 9.17) is 4.74 Å². The van der Waals surface area contributed by atoms with E-state index in [-0.39, 0.29) is 24.3 Å². The van der Waals surface area contributed by atoms with Gasteiger partial charge in [0.25, 0.3) is 0 Å². The highest BCUT2D eigenvalue weighted by Crippen LogP contribution is 2.36. The Balaban J connectivity index is 1.59. The van der Waals surface area contributed by atoms with Crippen molar-refractivity contribution in [2.75, 3.05) is 0 Å². The van der Waals surface area contributed by atoms with Crippen molar-refractivity contribution in [3.63, 3.8) is 0 Å². The summed E-state index contributed by atoms with van der Waals surface area (Å²) in [6.07, 6.45) is 2.87. The normalized spacial score (nSPS) is 29.3. The number of piperidine rings is 1. The van der Waals surface area contributed by atoms with Crippen molar-refractivity contribution in [3.8, 4) is 0 Å². The Labute approximate surface area is 113 Å². The van der Waals surface area contributed by atoms with E-state index < -0.39 is 0 Å². The van der Waals surface area contributed by atoms with E-state index in [1.807, 2.05) is 35.2 Å². The summed E-state index contributed by atoms with van der Waals surface area (Å²) >= 11 is 0. The van der Waals surface area contributed by atoms with Gasteiger partial charge in [-0.1, -0.05) is 30.3 Å². The predicted molar refractivity (Wildman–Crippen MR) is 70.5 cm³/mol. The lowest BCUT2D eigenvalue weighted by Crippen LogP contribution is -2.48. The van der Waals surface area contributed by atoms with Crippen molar-refractivity contribution in [2.24, 2.45) is 0 Å². The first-order chi connectivity index (χ1) is 9.24. The Hall–Kier alpha value is -1.55. The van der Waals surface area contributed by atoms with E-state index in [0.29, 0.717) is 19.4 Å². The molecule has 1 aromatic rings. The molecular weight excluding hydrogens is 242 g/mol. The number of hydrogen-bond donors (Lipinski definition) is 1. The van der Waals surface area contributed by atoms with Gasteiger partial charge in [0.15, 0.2) is 0 Å². The fraction of sp³-hybridized carbons (Fsp3) is 0.533. The fourth-order valence-electron chi connectivity index (χ4n) is 3.24. The molecule has 2 saturated heterocycles. The van der Waals surface area contributed by atoms with Gasteiger partial charge >= 0.3 is 6.09 Å². The molecule has 2 bridgehead atoms. The molecule has 1 amide bonds. The zero-order chi connectivity index (χ0) is 13.2. The molecule has 2 aliphatic heterocycles. The number of amides is 1. The molecule has 1 aromatic carbocycles. The lowest BCUT2D eigenvalue weighted by Gasteiger charge is -2.36. The third kappa shape index (κ3) is 2.59. The van der Waals surface area contributed by atoms with E-state index in [0.717, 1.165) is 18.4 Å². The number of carbonyl (C=O) groups excluding carboxylic acids is 1. The molecule has 102 valence electrons. The summed E-state index contributed by atoms with van der Waals surface area (Å²) in [5.74, 6) is 0. The number of aliphatic hydroxyl groups excluding tert-OH is 1. The Morgan fingerprint density at radius 3 is 2.47 bits per heavy atom. The maximum absolute atomic E-state index is 12.2. The molecule has 0 spiro atoms. The van der Waals surface area contributed by atoms with Crippen molar-refractivity contribution < 1.29 is 14.6 Å². The largest absolute Gasteiger partial charge is 0.445 e. The third-order valence-corrected chi connectivity index (χ3v) is 4.12. The van der Waals surface area contributed by atoms with Gasteiger partial charge in [-0.05, 0) is 31.2 Å². The molecule has 0 radical (unpaired) electrons. The highest BCUT2D eigenvalue weighted by atomic mass is 16.6. The van der Waals surface area contributed by atoms with Crippen LogP contribution in [0.2, 0.25) is 0 Å². The number of carbonyl (C=O) groups is 1. The summed E-state index contributed by atoms with van der Waals surface area (Å²) in [6, 6.07) is 10.0. The van der Waals surface area contributed by atoms with Gasteiger partial charge in [0, 0.05) is 12.1 Å². The average Bonchev–Trinajstić information content (AvgIpc) is 2.70. The van der Waals surface area contributed by atoms with E-state index in [1.54, 1.807) is 0 Å². The molecule has 1 unspecified atom stereocenters. The number of aliphatic hydroxyl groups is 1. The van der Waals surface area contributed by atoms with Crippen LogP contribution in [0.1, 0.15) is 31.2 Å². The Morgan fingerprint density at radius 2 is 1.84 bits per heavy atom. The van der Waals surface area contributed by atoms with Crippen molar-refractivity contribution in [3.05, 3.63) is 35.9 Å². The maximum atomic E-state index is 12.2. The number of hydrogen-bond acceptors (Lipinski definition) is 3. The third-order valence-electron chi connectivity index (χ3n) is 4.12. The van der Waals surface area contributed by atoms with Crippen LogP contribution in [-0.4, -0.2) is 34.3 Å². The van der Waals surface area contributed by atoms with Crippen molar-refractivity contribution in [2.45, 2.75) is 50.5 Å². The van der Waals surface area contributed by atoms with E-state index in [2.05, 4.69) is 0 Å². The molecule has 0 aromatic heterocycles. The lowest BCUT2D eigenvalue weighted by molar-refractivity contribution is 0.0221. The summed E-state index contributed by atoms with van der Waals surface area (Å²) in [6.45, 7) is 0.318. The molecule has 2 heterocycles. The van der Waals surface area contributed by atoms with Gasteiger partial charge in [-0.15, -0.1) is 0 Å². The van der Waals surface area contributed by atoms with Gasteiger partial charge in [-0.2, -0.15) is 0 Å². The zero-order valence-electron chi connectivity index (χ0n) is 10.9. The SMILES string of the molecule is O=C(OCc1ccccc1)N1[C@@H]2CC[C@H]1CC(O)C2. The number of rotatable bonds is 2. The molecule has 2 aliphatic rings. The molecular formula is C15H19NO3. The molecule has 0 aliphatic carbocycles. The molecule has 3 rings (SSSR count). The minimum absolute atomic E-state index is 0.164. The number of benzene rings is 1. The maximum Gasteiger partial charge on any atom is 0.410 e. The number of fused-ring (bicyclic) bond motifs is 2. The second-order valence-electron chi connectivity index (χ2n) is 5.46. The second-order valence-corrected chi connectivity index (χ2v) is 5.46. The van der Waals surface area contributed by atoms with Crippen LogP contribution >= 0.6 is 0 Å². The molecule has 2 fully saturated rings. The van der Waals surface area contributed by atoms with E-state index in [1.165, 1.54) is 0 Å². The van der Waals surface area contributed by atoms with Crippen LogP contribution in [-0.2, 0) is 11.3 Å². The number of nitrogens with zero attached hydrogens (tertiary/aromatic N) is 1. The van der Waals surface area contributed by atoms with Crippen LogP contribution in [0.25, 0.3) is 0 Å². The molecule has 1 N–H and O–H groups in total. The molecule has 3 atom stereocenters. The van der Waals surface area contributed by atoms with Crippen LogP contribution in [0.15, 0.2) is 30.3 Å². The fourth-order valence-corrected chi connectivity index (χ4v) is 3.24. The predicted octanol–water partition coefficient (Wildman–Crippen LogP) is 2.31. The minimum atomic E-state index is -0.254. The van der Waals surface area contributed by atoms with Crippen molar-refractivity contribution >= 4 is 6.09 Å². The van der Waals surface area contributed by atoms with E-state index in [9.17, 15) is 9.90 Å². The quantitative estimate of drug-likeness (QED) is 0.888. The van der Waals surface area contributed by atoms with Gasteiger partial charge < -0.3 is 14.7 Å². The monoisotopic (exact) mass is 261 g/mol. The number of ether oxygens (including phenoxy) is 1. The van der Waals surface area contributed by atoms with Crippen LogP contribution in [0.4, 0.5) is 4.79 Å². The first-order valence-corrected chi connectivity index (χ1v) is 6.91. The van der Waals surface area contributed by atoms with Crippen LogP contribution in [0.5, 0.6) is 0 Å². The van der Waals surface area contributed by atoms with Gasteiger partial charge in [0.05, 0.1) is 6.10 Å². The molecule has 0 saturated carbocycles. The summed E-state index contributed by atoms with van der Waals surface area (Å²) in [5.41, 5.74) is 1.00. The van der Waals surface area contributed by atoms with Gasteiger partial charge in [-0.25, -0.2) is 4.79 Å². The van der Waals surface area contributed by atoms with E-state index >= 15 is 0 Å². The smallest absolute Gasteiger partial charge is 0.410 e. The Kier molecular flexibility index (Phi) is 3.42. The Morgan fingerprint density at radius 1 is 1.21 bits per heavy atom. The summed E-state index contributed by atoms with van der Waals surface area (Å²) in [5, 5.41) is 9.72. The summed E-state index contributed by atoms with van der Waals surface area (Å²) in [7, 11) is 0. The molecule has 19 heavy (non-hydrogen) atoms. The minimum Gasteiger partial charge on any atom is -0.445 e. The average molecular weight is 261 g/mol. The lowest BCUT2D eigenvalue weighted by atomic mass is 10.0. The van der Waals surface area contributed by atoms with Crippen LogP contribution in [0, 0.1) is 0 Å². The highest BCUT2D eigenvalue weighted by molar-refractivity contribution is 5.69. The topological polar surface area (TPSA) is 49.8 Å². The van der Waals surface area contributed by atoms with Crippen molar-refractivity contribution in [1.82, 2.24) is 4.90 Å². The van der Waals surface area contributed by atoms with Gasteiger partial charge in [-0.3, -0.25) is 0 Å². The van der Waals surface area contributed by atoms with Crippen LogP contribution < -0.4 is 0 Å². The van der Waals surface area contributed by atoms with Gasteiger partial charge in [0.2, 0.25) is 0 Å². The Bertz CT molecular complexity index is 434. The summed E-state index contributed by atoms with van der Waals surface area (Å²) in [4.78, 5) is 14.0. The zero-order valence-corrected chi connectivity index (χ0v) is 10.9. The summed E-state index contributed by atoms with van der Waals surface area (Å²) < 4.78 is 5.39. The van der Waals surface area contributed by atoms with Crippen molar-refractivity contribution in [1.29, 1.82) is 0 Å². The standard InChI is InChI=1S/C15H19NO3/c17-14-8-12-6-7-13(9-14)16(12)15(18)19-10-11-4-2-1-3-5-11/h1-5,12-14,17H,6-10H2/t12-,13+,14?. The molecule has 4 heteroatoms.